The molecular weight excluding hydrogens is 336 g/mol. The molecule has 2 heterocycles. The minimum absolute atomic E-state index is 0.0244. The van der Waals surface area contributed by atoms with Crippen molar-refractivity contribution in [3.63, 3.8) is 0 Å². The maximum Gasteiger partial charge on any atom is 0.242 e. The highest BCUT2D eigenvalue weighted by Crippen LogP contribution is 2.49. The van der Waals surface area contributed by atoms with Crippen molar-refractivity contribution in [3.8, 4) is 17.2 Å². The van der Waals surface area contributed by atoms with Gasteiger partial charge in [-0.1, -0.05) is 0 Å². The van der Waals surface area contributed by atoms with Crippen molar-refractivity contribution in [2.75, 3.05) is 21.3 Å². The van der Waals surface area contributed by atoms with E-state index in [4.69, 9.17) is 14.2 Å². The fraction of sp³-hybridized carbons (Fsp3) is 0.474. The van der Waals surface area contributed by atoms with Crippen molar-refractivity contribution in [2.45, 2.75) is 38.8 Å². The molecule has 0 radical (unpaired) electrons. The standard InChI is InChI=1S/C19H24N2O5/c1-11(22)13-10-20-16(23)9-19(2,3)21(20)17(13)12-7-14(24-4)18(26-6)15(8-12)25-5/h7-8,10,17H,9H2,1-6H3. The molecule has 1 unspecified atom stereocenters. The van der Waals surface area contributed by atoms with Gasteiger partial charge in [-0.05, 0) is 38.5 Å². The number of ether oxygens (including phenoxy) is 3. The van der Waals surface area contributed by atoms with Crippen molar-refractivity contribution >= 4 is 11.7 Å². The Bertz CT molecular complexity index is 774. The molecule has 1 amide bonds. The number of carbonyl (C=O) groups is 2. The first kappa shape index (κ1) is 18.3. The molecule has 1 fully saturated rings. The third-order valence-electron chi connectivity index (χ3n) is 4.90. The van der Waals surface area contributed by atoms with E-state index >= 15 is 0 Å². The molecule has 1 aromatic rings. The Morgan fingerprint density at radius 3 is 2.15 bits per heavy atom. The SMILES string of the molecule is COc1cc(C2C(C(C)=O)=CN3C(=O)CC(C)(C)N23)cc(OC)c1OC. The molecule has 0 spiro atoms. The van der Waals surface area contributed by atoms with Gasteiger partial charge in [-0.3, -0.25) is 9.59 Å². The molecule has 1 atom stereocenters. The maximum atomic E-state index is 12.4. The highest BCUT2D eigenvalue weighted by Gasteiger charge is 2.52. The van der Waals surface area contributed by atoms with Crippen LogP contribution in [0.1, 0.15) is 38.8 Å². The number of hydrogen-bond donors (Lipinski definition) is 0. The van der Waals surface area contributed by atoms with Gasteiger partial charge in [0, 0.05) is 23.7 Å². The Morgan fingerprint density at radius 2 is 1.69 bits per heavy atom. The second-order valence-electron chi connectivity index (χ2n) is 7.07. The largest absolute Gasteiger partial charge is 0.493 e. The summed E-state index contributed by atoms with van der Waals surface area (Å²) in [7, 11) is 4.64. The molecule has 26 heavy (non-hydrogen) atoms. The van der Waals surface area contributed by atoms with Crippen LogP contribution in [-0.4, -0.2) is 48.6 Å². The quantitative estimate of drug-likeness (QED) is 0.804. The van der Waals surface area contributed by atoms with Crippen molar-refractivity contribution in [1.29, 1.82) is 0 Å². The molecule has 3 rings (SSSR count). The minimum Gasteiger partial charge on any atom is -0.493 e. The zero-order valence-corrected chi connectivity index (χ0v) is 16.0. The Morgan fingerprint density at radius 1 is 1.12 bits per heavy atom. The van der Waals surface area contributed by atoms with Gasteiger partial charge in [0.05, 0.1) is 27.4 Å². The molecule has 0 aliphatic carbocycles. The molecule has 1 saturated heterocycles. The molecule has 7 nitrogen and oxygen atoms in total. The first-order valence-electron chi connectivity index (χ1n) is 8.39. The summed E-state index contributed by atoms with van der Waals surface area (Å²) in [5.41, 5.74) is 0.933. The van der Waals surface area contributed by atoms with Crippen LogP contribution in [0.25, 0.3) is 0 Å². The minimum atomic E-state index is -0.421. The van der Waals surface area contributed by atoms with Crippen molar-refractivity contribution in [2.24, 2.45) is 0 Å². The monoisotopic (exact) mass is 360 g/mol. The molecule has 2 aliphatic rings. The summed E-state index contributed by atoms with van der Waals surface area (Å²) in [6.07, 6.45) is 2.03. The number of nitrogens with zero attached hydrogens (tertiary/aromatic N) is 2. The van der Waals surface area contributed by atoms with Crippen LogP contribution in [0.2, 0.25) is 0 Å². The van der Waals surface area contributed by atoms with Gasteiger partial charge in [0.25, 0.3) is 0 Å². The summed E-state index contributed by atoms with van der Waals surface area (Å²) in [5, 5.41) is 3.51. The van der Waals surface area contributed by atoms with Gasteiger partial charge in [0.1, 0.15) is 0 Å². The van der Waals surface area contributed by atoms with Crippen LogP contribution < -0.4 is 14.2 Å². The van der Waals surface area contributed by atoms with Gasteiger partial charge in [-0.2, -0.15) is 5.01 Å². The lowest BCUT2D eigenvalue weighted by molar-refractivity contribution is -0.134. The first-order chi connectivity index (χ1) is 12.2. The summed E-state index contributed by atoms with van der Waals surface area (Å²) >= 11 is 0. The van der Waals surface area contributed by atoms with Gasteiger partial charge in [-0.15, -0.1) is 0 Å². The van der Waals surface area contributed by atoms with E-state index in [0.29, 0.717) is 29.2 Å². The number of Topliss-reactive ketones (excluding diaryl/α,β-unsaturated/α-hetero) is 1. The molecule has 1 aromatic carbocycles. The van der Waals surface area contributed by atoms with Crippen LogP contribution in [0.3, 0.4) is 0 Å². The molecule has 7 heteroatoms. The van der Waals surface area contributed by atoms with Crippen molar-refractivity contribution in [3.05, 3.63) is 29.5 Å². The van der Waals surface area contributed by atoms with E-state index in [1.807, 2.05) is 31.0 Å². The number of hydrogen-bond acceptors (Lipinski definition) is 6. The topological polar surface area (TPSA) is 68.3 Å². The highest BCUT2D eigenvalue weighted by molar-refractivity contribution is 5.97. The smallest absolute Gasteiger partial charge is 0.242 e. The van der Waals surface area contributed by atoms with Gasteiger partial charge < -0.3 is 14.2 Å². The number of carbonyl (C=O) groups excluding carboxylic acids is 2. The number of fused-ring (bicyclic) bond motifs is 1. The van der Waals surface area contributed by atoms with E-state index in [1.54, 1.807) is 32.5 Å². The predicted molar refractivity (Wildman–Crippen MR) is 95.0 cm³/mol. The molecule has 2 aliphatic heterocycles. The number of methoxy groups -OCH3 is 3. The van der Waals surface area contributed by atoms with Crippen LogP contribution >= 0.6 is 0 Å². The average molecular weight is 360 g/mol. The Balaban J connectivity index is 2.19. The number of ketones is 1. The summed E-state index contributed by atoms with van der Waals surface area (Å²) in [6, 6.07) is 3.25. The van der Waals surface area contributed by atoms with Crippen molar-refractivity contribution in [1.82, 2.24) is 10.0 Å². The second kappa shape index (κ2) is 6.32. The van der Waals surface area contributed by atoms with Crippen LogP contribution in [-0.2, 0) is 9.59 Å². The van der Waals surface area contributed by atoms with E-state index in [9.17, 15) is 9.59 Å². The maximum absolute atomic E-state index is 12.4. The Labute approximate surface area is 153 Å². The molecule has 140 valence electrons. The lowest BCUT2D eigenvalue weighted by Crippen LogP contribution is -2.44. The fourth-order valence-electron chi connectivity index (χ4n) is 3.75. The summed E-state index contributed by atoms with van der Waals surface area (Å²) in [6.45, 7) is 5.50. The zero-order valence-electron chi connectivity index (χ0n) is 16.0. The molecule has 0 N–H and O–H groups in total. The molecule has 0 saturated carbocycles. The predicted octanol–water partition coefficient (Wildman–Crippen LogP) is 2.47. The van der Waals surface area contributed by atoms with Crippen molar-refractivity contribution < 1.29 is 23.8 Å². The number of rotatable bonds is 5. The van der Waals surface area contributed by atoms with Crippen LogP contribution in [0.5, 0.6) is 17.2 Å². The van der Waals surface area contributed by atoms with E-state index in [-0.39, 0.29) is 11.7 Å². The average Bonchev–Trinajstić information content (AvgIpc) is 3.10. The number of amides is 1. The van der Waals surface area contributed by atoms with Crippen LogP contribution in [0.4, 0.5) is 0 Å². The second-order valence-corrected chi connectivity index (χ2v) is 7.07. The summed E-state index contributed by atoms with van der Waals surface area (Å²) in [4.78, 5) is 24.7. The first-order valence-corrected chi connectivity index (χ1v) is 8.39. The van der Waals surface area contributed by atoms with Gasteiger partial charge in [-0.25, -0.2) is 5.01 Å². The number of hydrazine groups is 1. The van der Waals surface area contributed by atoms with E-state index in [1.165, 1.54) is 6.92 Å². The van der Waals surface area contributed by atoms with E-state index in [2.05, 4.69) is 0 Å². The molecule has 0 aromatic heterocycles. The van der Waals surface area contributed by atoms with Gasteiger partial charge in [0.2, 0.25) is 11.7 Å². The van der Waals surface area contributed by atoms with E-state index in [0.717, 1.165) is 5.56 Å². The zero-order chi connectivity index (χ0) is 19.2. The summed E-state index contributed by atoms with van der Waals surface area (Å²) < 4.78 is 16.3. The van der Waals surface area contributed by atoms with Gasteiger partial charge in [0.15, 0.2) is 17.3 Å². The fourth-order valence-corrected chi connectivity index (χ4v) is 3.75. The normalized spacial score (nSPS) is 21.5. The third-order valence-corrected chi connectivity index (χ3v) is 4.90. The lowest BCUT2D eigenvalue weighted by atomic mass is 9.91. The highest BCUT2D eigenvalue weighted by atomic mass is 16.5. The Kier molecular flexibility index (Phi) is 4.44. The molecular formula is C19H24N2O5. The Hall–Kier alpha value is -2.54. The van der Waals surface area contributed by atoms with Crippen LogP contribution in [0.15, 0.2) is 23.9 Å². The molecule has 0 bridgehead atoms. The van der Waals surface area contributed by atoms with Gasteiger partial charge >= 0.3 is 0 Å². The lowest BCUT2D eigenvalue weighted by Gasteiger charge is -2.37. The summed E-state index contributed by atoms with van der Waals surface area (Å²) in [5.74, 6) is 1.39. The third kappa shape index (κ3) is 2.63. The number of benzene rings is 1. The van der Waals surface area contributed by atoms with Crippen LogP contribution in [0, 0.1) is 0 Å². The van der Waals surface area contributed by atoms with E-state index < -0.39 is 11.6 Å².